The van der Waals surface area contributed by atoms with Gasteiger partial charge in [-0.1, -0.05) is 30.3 Å². The van der Waals surface area contributed by atoms with Crippen LogP contribution in [-0.4, -0.2) is 68.5 Å². The van der Waals surface area contributed by atoms with E-state index in [9.17, 15) is 9.90 Å². The smallest absolute Gasteiger partial charge is 0.249 e. The molecule has 1 aliphatic heterocycles. The average molecular weight is 317 g/mol. The molecule has 122 valence electrons. The van der Waals surface area contributed by atoms with E-state index in [4.69, 9.17) is 4.74 Å². The Hall–Kier alpha value is -2.32. The van der Waals surface area contributed by atoms with Crippen LogP contribution in [0.5, 0.6) is 0 Å². The number of nitrogens with zero attached hydrogens (tertiary/aromatic N) is 5. The van der Waals surface area contributed by atoms with E-state index in [0.717, 1.165) is 5.56 Å². The molecule has 0 bridgehead atoms. The van der Waals surface area contributed by atoms with Crippen LogP contribution in [0.4, 0.5) is 0 Å². The molecule has 0 aliphatic carbocycles. The maximum Gasteiger partial charge on any atom is 0.249 e. The fourth-order valence-corrected chi connectivity index (χ4v) is 2.48. The van der Waals surface area contributed by atoms with Gasteiger partial charge in [-0.05, 0) is 12.1 Å². The molecule has 1 aliphatic rings. The van der Waals surface area contributed by atoms with Crippen molar-refractivity contribution in [2.24, 2.45) is 0 Å². The topological polar surface area (TPSA) is 93.4 Å². The quantitative estimate of drug-likeness (QED) is 0.861. The highest BCUT2D eigenvalue weighted by atomic mass is 16.5. The van der Waals surface area contributed by atoms with Gasteiger partial charge in [0.1, 0.15) is 6.04 Å². The third kappa shape index (κ3) is 3.38. The Bertz CT molecular complexity index is 660. The third-order valence-electron chi connectivity index (χ3n) is 3.82. The van der Waals surface area contributed by atoms with Crippen molar-refractivity contribution >= 4 is 5.91 Å². The minimum Gasteiger partial charge on any atom is -0.394 e. The molecule has 8 nitrogen and oxygen atoms in total. The molecular weight excluding hydrogens is 298 g/mol. The average Bonchev–Trinajstić information content (AvgIpc) is 3.11. The molecule has 3 rings (SSSR count). The van der Waals surface area contributed by atoms with Gasteiger partial charge in [0.2, 0.25) is 11.7 Å². The molecule has 1 saturated heterocycles. The molecule has 1 fully saturated rings. The summed E-state index contributed by atoms with van der Waals surface area (Å²) in [5.41, 5.74) is 0.852. The van der Waals surface area contributed by atoms with Gasteiger partial charge >= 0.3 is 0 Å². The van der Waals surface area contributed by atoms with Crippen LogP contribution in [0.15, 0.2) is 30.3 Å². The van der Waals surface area contributed by atoms with E-state index >= 15 is 0 Å². The number of amides is 1. The van der Waals surface area contributed by atoms with Crippen LogP contribution in [0.2, 0.25) is 0 Å². The zero-order valence-corrected chi connectivity index (χ0v) is 12.9. The van der Waals surface area contributed by atoms with Crippen molar-refractivity contribution in [1.82, 2.24) is 25.1 Å². The summed E-state index contributed by atoms with van der Waals surface area (Å²) >= 11 is 0. The minimum atomic E-state index is -0.558. The van der Waals surface area contributed by atoms with Gasteiger partial charge in [0.25, 0.3) is 0 Å². The zero-order chi connectivity index (χ0) is 16.2. The molecular formula is C15H19N5O3. The van der Waals surface area contributed by atoms with Gasteiger partial charge in [0.15, 0.2) is 0 Å². The number of tetrazole rings is 1. The predicted molar refractivity (Wildman–Crippen MR) is 81.4 cm³/mol. The van der Waals surface area contributed by atoms with E-state index in [2.05, 4.69) is 15.4 Å². The molecule has 1 amide bonds. The summed E-state index contributed by atoms with van der Waals surface area (Å²) in [5, 5.41) is 21.5. The Morgan fingerprint density at radius 2 is 2.22 bits per heavy atom. The summed E-state index contributed by atoms with van der Waals surface area (Å²) < 4.78 is 5.36. The summed E-state index contributed by atoms with van der Waals surface area (Å²) in [5.74, 6) is 0.379. The highest BCUT2D eigenvalue weighted by molar-refractivity contribution is 5.80. The lowest BCUT2D eigenvalue weighted by Crippen LogP contribution is -2.49. The van der Waals surface area contributed by atoms with Crippen LogP contribution in [-0.2, 0) is 9.53 Å². The Labute approximate surface area is 133 Å². The highest BCUT2D eigenvalue weighted by Gasteiger charge is 2.29. The lowest BCUT2D eigenvalue weighted by atomic mass is 10.2. The number of morpholine rings is 1. The summed E-state index contributed by atoms with van der Waals surface area (Å²) in [4.78, 5) is 15.6. The lowest BCUT2D eigenvalue weighted by molar-refractivity contribution is -0.143. The van der Waals surface area contributed by atoms with Crippen LogP contribution >= 0.6 is 0 Å². The number of rotatable bonds is 4. The largest absolute Gasteiger partial charge is 0.394 e. The molecule has 1 N–H and O–H groups in total. The molecule has 0 radical (unpaired) electrons. The summed E-state index contributed by atoms with van der Waals surface area (Å²) in [7, 11) is 0. The first-order chi connectivity index (χ1) is 11.2. The number of aliphatic hydroxyl groups excluding tert-OH is 1. The second-order valence-electron chi connectivity index (χ2n) is 5.44. The number of hydrogen-bond donors (Lipinski definition) is 1. The summed E-state index contributed by atoms with van der Waals surface area (Å²) in [6.45, 7) is 2.93. The summed E-state index contributed by atoms with van der Waals surface area (Å²) in [6.07, 6.45) is -0.330. The Kier molecular flexibility index (Phi) is 4.63. The molecule has 1 aromatic carbocycles. The van der Waals surface area contributed by atoms with Crippen LogP contribution in [0, 0.1) is 0 Å². The molecule has 2 atom stereocenters. The third-order valence-corrected chi connectivity index (χ3v) is 3.82. The van der Waals surface area contributed by atoms with E-state index in [1.54, 1.807) is 11.8 Å². The van der Waals surface area contributed by atoms with E-state index in [1.807, 2.05) is 30.3 Å². The molecule has 2 aromatic rings. The van der Waals surface area contributed by atoms with Gasteiger partial charge < -0.3 is 14.7 Å². The van der Waals surface area contributed by atoms with Gasteiger partial charge in [-0.3, -0.25) is 4.79 Å². The Morgan fingerprint density at radius 1 is 1.43 bits per heavy atom. The Morgan fingerprint density at radius 3 is 2.96 bits per heavy atom. The fraction of sp³-hybridized carbons (Fsp3) is 0.467. The molecule has 23 heavy (non-hydrogen) atoms. The SMILES string of the molecule is CC(C(=O)N1CCOC(CO)C1)n1nnc(-c2ccccc2)n1. The molecule has 1 aromatic heterocycles. The van der Waals surface area contributed by atoms with Gasteiger partial charge in [0.05, 0.1) is 19.3 Å². The number of hydrogen-bond acceptors (Lipinski definition) is 6. The molecule has 2 unspecified atom stereocenters. The second kappa shape index (κ2) is 6.84. The van der Waals surface area contributed by atoms with Crippen LogP contribution in [0.3, 0.4) is 0 Å². The van der Waals surface area contributed by atoms with Crippen LogP contribution in [0.25, 0.3) is 11.4 Å². The monoisotopic (exact) mass is 317 g/mol. The number of carbonyl (C=O) groups excluding carboxylic acids is 1. The first-order valence-electron chi connectivity index (χ1n) is 7.55. The Balaban J connectivity index is 1.71. The molecule has 0 spiro atoms. The van der Waals surface area contributed by atoms with Gasteiger partial charge in [-0.25, -0.2) is 0 Å². The number of aliphatic hydroxyl groups is 1. The number of aromatic nitrogens is 4. The number of carbonyl (C=O) groups is 1. The molecule has 0 saturated carbocycles. The van der Waals surface area contributed by atoms with Crippen molar-refractivity contribution < 1.29 is 14.6 Å². The zero-order valence-electron chi connectivity index (χ0n) is 12.9. The predicted octanol–water partition coefficient (Wildman–Crippen LogP) is 0.121. The molecule has 8 heteroatoms. The van der Waals surface area contributed by atoms with E-state index < -0.39 is 6.04 Å². The van der Waals surface area contributed by atoms with Crippen molar-refractivity contribution in [3.63, 3.8) is 0 Å². The minimum absolute atomic E-state index is 0.0993. The van der Waals surface area contributed by atoms with Crippen molar-refractivity contribution in [1.29, 1.82) is 0 Å². The van der Waals surface area contributed by atoms with Gasteiger partial charge in [-0.2, -0.15) is 4.80 Å². The fourth-order valence-electron chi connectivity index (χ4n) is 2.48. The summed E-state index contributed by atoms with van der Waals surface area (Å²) in [6, 6.07) is 8.93. The maximum absolute atomic E-state index is 12.6. The van der Waals surface area contributed by atoms with Crippen molar-refractivity contribution in [3.05, 3.63) is 30.3 Å². The lowest BCUT2D eigenvalue weighted by Gasteiger charge is -2.33. The van der Waals surface area contributed by atoms with E-state index in [-0.39, 0.29) is 18.6 Å². The van der Waals surface area contributed by atoms with Gasteiger partial charge in [-0.15, -0.1) is 10.2 Å². The first-order valence-corrected chi connectivity index (χ1v) is 7.55. The normalized spacial score (nSPS) is 19.6. The van der Waals surface area contributed by atoms with Crippen molar-refractivity contribution in [3.8, 4) is 11.4 Å². The maximum atomic E-state index is 12.6. The number of ether oxygens (including phenoxy) is 1. The van der Waals surface area contributed by atoms with E-state index in [1.165, 1.54) is 4.80 Å². The van der Waals surface area contributed by atoms with Gasteiger partial charge in [0, 0.05) is 18.7 Å². The van der Waals surface area contributed by atoms with Crippen molar-refractivity contribution in [2.45, 2.75) is 19.1 Å². The second-order valence-corrected chi connectivity index (χ2v) is 5.44. The highest BCUT2D eigenvalue weighted by Crippen LogP contribution is 2.16. The van der Waals surface area contributed by atoms with Crippen molar-refractivity contribution in [2.75, 3.05) is 26.3 Å². The first kappa shape index (κ1) is 15.6. The molecule has 2 heterocycles. The van der Waals surface area contributed by atoms with Crippen LogP contribution in [0.1, 0.15) is 13.0 Å². The van der Waals surface area contributed by atoms with Crippen LogP contribution < -0.4 is 0 Å². The van der Waals surface area contributed by atoms with E-state index in [0.29, 0.717) is 25.5 Å². The standard InChI is InChI=1S/C15H19N5O3/c1-11(15(22)19-7-8-23-13(9-19)10-21)20-17-14(16-18-20)12-5-3-2-4-6-12/h2-6,11,13,21H,7-10H2,1H3. The number of benzene rings is 1.